The summed E-state index contributed by atoms with van der Waals surface area (Å²) in [7, 11) is 0. The first-order chi connectivity index (χ1) is 5.24. The van der Waals surface area contributed by atoms with Gasteiger partial charge in [0, 0.05) is 5.56 Å². The first-order valence-corrected chi connectivity index (χ1v) is 3.39. The third-order valence-electron chi connectivity index (χ3n) is 1.25. The van der Waals surface area contributed by atoms with E-state index in [1.165, 1.54) is 5.57 Å². The van der Waals surface area contributed by atoms with Gasteiger partial charge < -0.3 is 0 Å². The Morgan fingerprint density at radius 3 is 3.00 bits per heavy atom. The quantitative estimate of drug-likeness (QED) is 0.643. The Hall–Kier alpha value is -1.38. The lowest BCUT2D eigenvalue weighted by Gasteiger charge is -1.89. The van der Waals surface area contributed by atoms with Crippen molar-refractivity contribution in [3.05, 3.63) is 17.3 Å². The molecule has 0 unspecified atom stereocenters. The van der Waals surface area contributed by atoms with Gasteiger partial charge in [0.1, 0.15) is 0 Å². The Kier molecular flexibility index (Phi) is 2.21. The molecule has 1 N–H and O–H groups in total. The first-order valence-electron chi connectivity index (χ1n) is 3.39. The molecule has 0 aromatic carbocycles. The van der Waals surface area contributed by atoms with Crippen molar-refractivity contribution in [3.8, 4) is 0 Å². The maximum atomic E-state index is 3.84. The zero-order chi connectivity index (χ0) is 8.27. The summed E-state index contributed by atoms with van der Waals surface area (Å²) in [5.41, 5.74) is 2.20. The van der Waals surface area contributed by atoms with E-state index in [2.05, 4.69) is 21.9 Å². The highest BCUT2D eigenvalue weighted by Gasteiger charge is 1.97. The van der Waals surface area contributed by atoms with Crippen molar-refractivity contribution in [2.24, 2.45) is 4.99 Å². The lowest BCUT2D eigenvalue weighted by Crippen LogP contribution is -1.68. The summed E-state index contributed by atoms with van der Waals surface area (Å²) >= 11 is 0. The van der Waals surface area contributed by atoms with E-state index in [1.54, 1.807) is 6.20 Å². The van der Waals surface area contributed by atoms with Crippen LogP contribution in [0.5, 0.6) is 0 Å². The Morgan fingerprint density at radius 2 is 2.45 bits per heavy atom. The molecule has 11 heavy (non-hydrogen) atoms. The second kappa shape index (κ2) is 3.14. The van der Waals surface area contributed by atoms with E-state index >= 15 is 0 Å². The van der Waals surface area contributed by atoms with Crippen molar-refractivity contribution in [2.75, 3.05) is 0 Å². The monoisotopic (exact) mass is 149 g/mol. The van der Waals surface area contributed by atoms with Gasteiger partial charge >= 0.3 is 0 Å². The molecule has 58 valence electrons. The zero-order valence-corrected chi connectivity index (χ0v) is 6.76. The lowest BCUT2D eigenvalue weighted by atomic mass is 10.2. The van der Waals surface area contributed by atoms with E-state index in [9.17, 15) is 0 Å². The summed E-state index contributed by atoms with van der Waals surface area (Å²) in [5, 5.41) is 6.58. The number of H-pyrrole nitrogens is 1. The summed E-state index contributed by atoms with van der Waals surface area (Å²) in [6.07, 6.45) is 3.74. The number of allylic oxidation sites excluding steroid dienone is 1. The second-order valence-electron chi connectivity index (χ2n) is 2.55. The normalized spacial score (nSPS) is 9.27. The van der Waals surface area contributed by atoms with E-state index in [4.69, 9.17) is 0 Å². The summed E-state index contributed by atoms with van der Waals surface area (Å²) in [5.74, 6) is 0.728. The molecule has 1 aromatic heterocycles. The molecule has 0 bridgehead atoms. The van der Waals surface area contributed by atoms with Crippen LogP contribution in [0.2, 0.25) is 0 Å². The van der Waals surface area contributed by atoms with Crippen LogP contribution in [0, 0.1) is 0 Å². The SMILES string of the molecule is C=Nc1[nH]ncc1C=C(C)C. The minimum Gasteiger partial charge on any atom is -0.261 e. The van der Waals surface area contributed by atoms with Crippen LogP contribution in [0.25, 0.3) is 6.08 Å². The molecule has 3 nitrogen and oxygen atoms in total. The topological polar surface area (TPSA) is 41.0 Å². The first kappa shape index (κ1) is 7.72. The van der Waals surface area contributed by atoms with Gasteiger partial charge in [0.05, 0.1) is 6.20 Å². The largest absolute Gasteiger partial charge is 0.261 e. The number of aliphatic imine (C=N–C) groups is 1. The highest BCUT2D eigenvalue weighted by atomic mass is 15.2. The molecule has 3 heteroatoms. The van der Waals surface area contributed by atoms with Crippen molar-refractivity contribution >= 4 is 18.6 Å². The third kappa shape index (κ3) is 1.77. The molecule has 0 saturated carbocycles. The average molecular weight is 149 g/mol. The van der Waals surface area contributed by atoms with Crippen LogP contribution in [0.4, 0.5) is 5.82 Å². The molecule has 1 heterocycles. The van der Waals surface area contributed by atoms with E-state index in [1.807, 2.05) is 19.9 Å². The predicted molar refractivity (Wildman–Crippen MR) is 47.1 cm³/mol. The Morgan fingerprint density at radius 1 is 1.73 bits per heavy atom. The van der Waals surface area contributed by atoms with Gasteiger partial charge in [-0.25, -0.2) is 4.99 Å². The Bertz CT molecular complexity index is 279. The van der Waals surface area contributed by atoms with Gasteiger partial charge in [-0.1, -0.05) is 11.6 Å². The maximum Gasteiger partial charge on any atom is 0.154 e. The molecule has 1 aromatic rings. The van der Waals surface area contributed by atoms with Crippen LogP contribution in [-0.4, -0.2) is 16.9 Å². The number of hydrogen-bond donors (Lipinski definition) is 1. The number of aromatic nitrogens is 2. The van der Waals surface area contributed by atoms with Crippen molar-refractivity contribution in [3.63, 3.8) is 0 Å². The Labute approximate surface area is 65.9 Å². The van der Waals surface area contributed by atoms with Crippen LogP contribution < -0.4 is 0 Å². The van der Waals surface area contributed by atoms with Crippen molar-refractivity contribution < 1.29 is 0 Å². The van der Waals surface area contributed by atoms with Gasteiger partial charge in [0.15, 0.2) is 5.82 Å². The molecule has 0 spiro atoms. The van der Waals surface area contributed by atoms with Crippen LogP contribution in [0.3, 0.4) is 0 Å². The highest BCUT2D eigenvalue weighted by molar-refractivity contribution is 5.62. The van der Waals surface area contributed by atoms with Gasteiger partial charge in [0.2, 0.25) is 0 Å². The smallest absolute Gasteiger partial charge is 0.154 e. The van der Waals surface area contributed by atoms with Crippen LogP contribution >= 0.6 is 0 Å². The maximum absolute atomic E-state index is 3.84. The minimum atomic E-state index is 0.728. The van der Waals surface area contributed by atoms with Gasteiger partial charge in [-0.3, -0.25) is 5.10 Å². The molecule has 0 aliphatic heterocycles. The number of rotatable bonds is 2. The molecule has 0 amide bonds. The number of nitrogens with one attached hydrogen (secondary N) is 1. The number of hydrogen-bond acceptors (Lipinski definition) is 2. The fourth-order valence-electron chi connectivity index (χ4n) is 0.832. The molecular weight excluding hydrogens is 138 g/mol. The predicted octanol–water partition coefficient (Wildman–Crippen LogP) is 2.17. The molecule has 0 saturated heterocycles. The van der Waals surface area contributed by atoms with E-state index in [-0.39, 0.29) is 0 Å². The minimum absolute atomic E-state index is 0.728. The summed E-state index contributed by atoms with van der Waals surface area (Å²) in [6.45, 7) is 7.48. The molecule has 0 radical (unpaired) electrons. The van der Waals surface area contributed by atoms with Gasteiger partial charge in [-0.05, 0) is 20.6 Å². The fraction of sp³-hybridized carbons (Fsp3) is 0.250. The van der Waals surface area contributed by atoms with Gasteiger partial charge in [-0.2, -0.15) is 5.10 Å². The van der Waals surface area contributed by atoms with Crippen molar-refractivity contribution in [1.82, 2.24) is 10.2 Å². The second-order valence-corrected chi connectivity index (χ2v) is 2.55. The third-order valence-corrected chi connectivity index (χ3v) is 1.25. The van der Waals surface area contributed by atoms with E-state index in [0.29, 0.717) is 0 Å². The zero-order valence-electron chi connectivity index (χ0n) is 6.76. The summed E-state index contributed by atoms with van der Waals surface area (Å²) in [4.78, 5) is 3.77. The van der Waals surface area contributed by atoms with Crippen molar-refractivity contribution in [2.45, 2.75) is 13.8 Å². The fourth-order valence-corrected chi connectivity index (χ4v) is 0.832. The number of aromatic amines is 1. The van der Waals surface area contributed by atoms with E-state index < -0.39 is 0 Å². The number of nitrogens with zero attached hydrogens (tertiary/aromatic N) is 2. The van der Waals surface area contributed by atoms with Crippen LogP contribution in [0.15, 0.2) is 16.8 Å². The molecular formula is C8H11N3. The lowest BCUT2D eigenvalue weighted by molar-refractivity contribution is 1.08. The van der Waals surface area contributed by atoms with Crippen LogP contribution in [-0.2, 0) is 0 Å². The van der Waals surface area contributed by atoms with E-state index in [0.717, 1.165) is 11.4 Å². The highest BCUT2D eigenvalue weighted by Crippen LogP contribution is 2.16. The van der Waals surface area contributed by atoms with Gasteiger partial charge in [-0.15, -0.1) is 0 Å². The Balaban J connectivity index is 3.03. The molecule has 0 aliphatic carbocycles. The van der Waals surface area contributed by atoms with Crippen molar-refractivity contribution in [1.29, 1.82) is 0 Å². The van der Waals surface area contributed by atoms with Crippen LogP contribution in [0.1, 0.15) is 19.4 Å². The summed E-state index contributed by atoms with van der Waals surface area (Å²) in [6, 6.07) is 0. The molecule has 0 atom stereocenters. The standard InChI is InChI=1S/C8H11N3/c1-6(2)4-7-5-10-11-8(7)9-3/h4-5H,3H2,1-2H3,(H,10,11). The average Bonchev–Trinajstić information content (AvgIpc) is 2.34. The van der Waals surface area contributed by atoms with Gasteiger partial charge in [0.25, 0.3) is 0 Å². The molecule has 0 aliphatic rings. The summed E-state index contributed by atoms with van der Waals surface area (Å²) < 4.78 is 0. The molecule has 0 fully saturated rings. The molecule has 1 rings (SSSR count).